The van der Waals surface area contributed by atoms with Gasteiger partial charge in [0, 0.05) is 53.3 Å². The summed E-state index contributed by atoms with van der Waals surface area (Å²) < 4.78 is 53.7. The molecule has 0 aliphatic carbocycles. The molecule has 2 heterocycles. The number of methoxy groups -OCH3 is 3. The van der Waals surface area contributed by atoms with E-state index in [-0.39, 0.29) is 24.1 Å². The topological polar surface area (TPSA) is 121 Å². The van der Waals surface area contributed by atoms with Crippen molar-refractivity contribution in [3.05, 3.63) is 35.9 Å². The van der Waals surface area contributed by atoms with E-state index in [9.17, 15) is 18.0 Å². The Labute approximate surface area is 252 Å². The molecule has 42 heavy (non-hydrogen) atoms. The lowest BCUT2D eigenvalue weighted by Crippen LogP contribution is -2.71. The number of carbonyl (C=O) groups is 2. The average molecular weight is 629 g/mol. The third kappa shape index (κ3) is 7.19. The van der Waals surface area contributed by atoms with Gasteiger partial charge < -0.3 is 23.5 Å². The molecule has 1 unspecified atom stereocenters. The molecule has 0 spiro atoms. The first-order chi connectivity index (χ1) is 19.5. The Hall–Kier alpha value is -2.03. The van der Waals surface area contributed by atoms with Crippen LogP contribution in [0.1, 0.15) is 39.2 Å². The molecule has 0 aromatic heterocycles. The maximum Gasteiger partial charge on any atom is 0.397 e. The highest BCUT2D eigenvalue weighted by Crippen LogP contribution is 2.51. The first kappa shape index (κ1) is 34.5. The molecular formula is C29H48N2O9SSi. The van der Waals surface area contributed by atoms with Crippen LogP contribution in [0.15, 0.2) is 30.3 Å². The van der Waals surface area contributed by atoms with E-state index in [2.05, 4.69) is 0 Å². The lowest BCUT2D eigenvalue weighted by Gasteiger charge is -2.51. The van der Waals surface area contributed by atoms with E-state index < -0.39 is 54.3 Å². The van der Waals surface area contributed by atoms with Gasteiger partial charge in [0.2, 0.25) is 0 Å². The van der Waals surface area contributed by atoms with E-state index in [0.29, 0.717) is 25.9 Å². The fourth-order valence-electron chi connectivity index (χ4n) is 5.97. The quantitative estimate of drug-likeness (QED) is 0.193. The molecule has 2 saturated heterocycles. The van der Waals surface area contributed by atoms with Gasteiger partial charge in [0.15, 0.2) is 11.8 Å². The third-order valence-corrected chi connectivity index (χ3v) is 13.9. The molecule has 0 saturated carbocycles. The molecule has 2 aliphatic rings. The van der Waals surface area contributed by atoms with Crippen molar-refractivity contribution >= 4 is 30.4 Å². The number of likely N-dealkylation sites (tertiary alicyclic amines) is 2. The largest absolute Gasteiger partial charge is 0.503 e. The van der Waals surface area contributed by atoms with Crippen molar-refractivity contribution in [1.82, 2.24) is 9.80 Å². The number of fused-ring (bicyclic) bond motifs is 1. The predicted molar refractivity (Wildman–Crippen MR) is 161 cm³/mol. The van der Waals surface area contributed by atoms with Gasteiger partial charge >= 0.3 is 6.09 Å². The van der Waals surface area contributed by atoms with Gasteiger partial charge in [-0.2, -0.15) is 8.42 Å². The van der Waals surface area contributed by atoms with Crippen molar-refractivity contribution in [2.45, 2.75) is 76.2 Å². The summed E-state index contributed by atoms with van der Waals surface area (Å²) in [5, 5.41) is -0.295. The lowest BCUT2D eigenvalue weighted by atomic mass is 9.70. The second kappa shape index (κ2) is 13.3. The van der Waals surface area contributed by atoms with Crippen molar-refractivity contribution in [3.8, 4) is 0 Å². The number of hydrogen-bond donors (Lipinski definition) is 0. The second-order valence-corrected chi connectivity index (χ2v) is 19.1. The van der Waals surface area contributed by atoms with Gasteiger partial charge in [0.1, 0.15) is 6.10 Å². The van der Waals surface area contributed by atoms with Crippen LogP contribution < -0.4 is 0 Å². The number of piperidine rings is 1. The molecule has 1 aromatic rings. The van der Waals surface area contributed by atoms with Crippen LogP contribution in [0.2, 0.25) is 18.1 Å². The van der Waals surface area contributed by atoms with E-state index >= 15 is 0 Å². The molecular weight excluding hydrogens is 580 g/mol. The van der Waals surface area contributed by atoms with Crippen LogP contribution in [-0.2, 0) is 44.3 Å². The van der Waals surface area contributed by atoms with Crippen LogP contribution in [0.25, 0.3) is 0 Å². The summed E-state index contributed by atoms with van der Waals surface area (Å²) in [4.78, 5) is 32.3. The first-order valence-electron chi connectivity index (χ1n) is 14.3. The number of nitrogens with zero attached hydrogens (tertiary/aromatic N) is 2. The molecule has 11 nitrogen and oxygen atoms in total. The molecule has 0 bridgehead atoms. The summed E-state index contributed by atoms with van der Waals surface area (Å²) >= 11 is 0. The van der Waals surface area contributed by atoms with Crippen molar-refractivity contribution in [2.24, 2.45) is 11.8 Å². The fraction of sp³-hybridized carbons (Fsp3) is 0.724. The summed E-state index contributed by atoms with van der Waals surface area (Å²) in [6, 6.07) is 9.54. The van der Waals surface area contributed by atoms with Crippen molar-refractivity contribution < 1.29 is 40.8 Å². The molecule has 0 radical (unpaired) electrons. The van der Waals surface area contributed by atoms with Crippen LogP contribution in [-0.4, -0.2) is 104 Å². The minimum Gasteiger partial charge on any atom is -0.503 e. The van der Waals surface area contributed by atoms with E-state index in [0.717, 1.165) is 11.8 Å². The molecule has 0 N–H and O–H groups in total. The highest BCUT2D eigenvalue weighted by atomic mass is 32.2. The Morgan fingerprint density at radius 3 is 2.26 bits per heavy atom. The summed E-state index contributed by atoms with van der Waals surface area (Å²) in [5.74, 6) is -1.14. The standard InChI is InChI=1S/C29H48N2O9SSi/c1-28(2,3)42(8,9)40-27(33)31-19-22(17-25(37-5)38-6)23-15-16-30(18-21-13-11-10-12-14-21)26(32)29(23,31)24(20-36-4)39-41(7,34)35/h10-14,22-25H,15-20H2,1-9H3/t22?,23-,24+,29+/m1/s1. The Morgan fingerprint density at radius 2 is 1.74 bits per heavy atom. The normalized spacial score (nSPS) is 24.2. The van der Waals surface area contributed by atoms with Crippen LogP contribution in [0.3, 0.4) is 0 Å². The van der Waals surface area contributed by atoms with Gasteiger partial charge in [-0.3, -0.25) is 13.9 Å². The monoisotopic (exact) mass is 628 g/mol. The minimum atomic E-state index is -4.07. The summed E-state index contributed by atoms with van der Waals surface area (Å²) in [5.41, 5.74) is -0.794. The predicted octanol–water partition coefficient (Wildman–Crippen LogP) is 3.85. The maximum absolute atomic E-state index is 14.9. The lowest BCUT2D eigenvalue weighted by molar-refractivity contribution is -0.162. The molecule has 2 aliphatic heterocycles. The summed E-state index contributed by atoms with van der Waals surface area (Å²) in [6.07, 6.45) is -0.734. The van der Waals surface area contributed by atoms with Gasteiger partial charge in [-0.15, -0.1) is 0 Å². The van der Waals surface area contributed by atoms with Crippen molar-refractivity contribution in [3.63, 3.8) is 0 Å². The van der Waals surface area contributed by atoms with E-state index in [1.165, 1.54) is 26.2 Å². The molecule has 1 aromatic carbocycles. The average Bonchev–Trinajstić information content (AvgIpc) is 3.23. The number of rotatable bonds is 12. The number of benzene rings is 1. The van der Waals surface area contributed by atoms with Crippen LogP contribution >= 0.6 is 0 Å². The Balaban J connectivity index is 2.22. The zero-order valence-electron chi connectivity index (χ0n) is 26.4. The Bertz CT molecular complexity index is 1190. The van der Waals surface area contributed by atoms with Crippen molar-refractivity contribution in [1.29, 1.82) is 0 Å². The summed E-state index contributed by atoms with van der Waals surface area (Å²) in [6.45, 7) is 10.6. The molecule has 2 amide bonds. The van der Waals surface area contributed by atoms with Gasteiger partial charge in [0.05, 0.1) is 12.9 Å². The summed E-state index contributed by atoms with van der Waals surface area (Å²) in [7, 11) is -2.23. The van der Waals surface area contributed by atoms with E-state index in [1.807, 2.05) is 64.2 Å². The number of amides is 2. The zero-order valence-corrected chi connectivity index (χ0v) is 28.2. The number of carbonyl (C=O) groups excluding carboxylic acids is 2. The Morgan fingerprint density at radius 1 is 1.12 bits per heavy atom. The van der Waals surface area contributed by atoms with Crippen molar-refractivity contribution in [2.75, 3.05) is 47.3 Å². The molecule has 238 valence electrons. The molecule has 13 heteroatoms. The first-order valence-corrected chi connectivity index (χ1v) is 19.0. The van der Waals surface area contributed by atoms with Crippen LogP contribution in [0, 0.1) is 11.8 Å². The molecule has 3 rings (SSSR count). The third-order valence-electron chi connectivity index (χ3n) is 9.04. The van der Waals surface area contributed by atoms with Gasteiger partial charge in [0.25, 0.3) is 24.3 Å². The number of hydrogen-bond acceptors (Lipinski definition) is 9. The molecule has 4 atom stereocenters. The highest BCUT2D eigenvalue weighted by molar-refractivity contribution is 7.86. The Kier molecular flexibility index (Phi) is 10.9. The molecule has 2 fully saturated rings. The van der Waals surface area contributed by atoms with Gasteiger partial charge in [-0.25, -0.2) is 4.79 Å². The van der Waals surface area contributed by atoms with Gasteiger partial charge in [-0.1, -0.05) is 51.1 Å². The fourth-order valence-corrected chi connectivity index (χ4v) is 7.45. The van der Waals surface area contributed by atoms with Gasteiger partial charge in [-0.05, 0) is 36.0 Å². The maximum atomic E-state index is 14.9. The highest BCUT2D eigenvalue weighted by Gasteiger charge is 2.68. The SMILES string of the molecule is COC[C@H](OS(C)(=O)=O)[C@]12C(=O)N(Cc3ccccc3)CC[C@@H]1C(CC(OC)OC)CN2C(=O)O[Si](C)(C)C(C)(C)C. The smallest absolute Gasteiger partial charge is 0.397 e. The van der Waals surface area contributed by atoms with E-state index in [1.54, 1.807) is 4.90 Å². The van der Waals surface area contributed by atoms with E-state index in [4.69, 9.17) is 22.8 Å². The number of ether oxygens (including phenoxy) is 3. The second-order valence-electron chi connectivity index (χ2n) is 12.8. The minimum absolute atomic E-state index is 0.138. The zero-order chi connectivity index (χ0) is 31.5. The van der Waals surface area contributed by atoms with Crippen LogP contribution in [0.4, 0.5) is 4.79 Å². The van der Waals surface area contributed by atoms with Crippen LogP contribution in [0.5, 0.6) is 0 Å².